The molecule has 3 N–H and O–H groups in total. The molecule has 0 radical (unpaired) electrons. The van der Waals surface area contributed by atoms with Crippen LogP contribution in [0.15, 0.2) is 30.3 Å². The number of nitrogens with one attached hydrogen (secondary N) is 3. The summed E-state index contributed by atoms with van der Waals surface area (Å²) in [5, 5.41) is 19.4. The Labute approximate surface area is 194 Å². The number of hydrogen-bond donors (Lipinski definition) is 3. The lowest BCUT2D eigenvalue weighted by Gasteiger charge is -2.15. The molecule has 33 heavy (non-hydrogen) atoms. The Hall–Kier alpha value is -3.64. The van der Waals surface area contributed by atoms with Crippen molar-refractivity contribution in [3.8, 4) is 11.3 Å². The summed E-state index contributed by atoms with van der Waals surface area (Å²) in [6.45, 7) is 3.09. The van der Waals surface area contributed by atoms with Crippen molar-refractivity contribution < 1.29 is 14.5 Å². The SMILES string of the molecule is Cc1nn(C)c2nc(-c3cccc([N+](=O)[O-])c3)cc(C(=O)NNC(=S)NC[C@H]3CCCO3)c12. The van der Waals surface area contributed by atoms with Crippen molar-refractivity contribution in [1.29, 1.82) is 0 Å². The number of aryl methyl sites for hydroxylation is 2. The number of benzene rings is 1. The largest absolute Gasteiger partial charge is 0.376 e. The maximum absolute atomic E-state index is 13.1. The normalized spacial score (nSPS) is 15.4. The van der Waals surface area contributed by atoms with Gasteiger partial charge in [0.2, 0.25) is 0 Å². The highest BCUT2D eigenvalue weighted by Crippen LogP contribution is 2.28. The Morgan fingerprint density at radius 1 is 1.36 bits per heavy atom. The third-order valence-electron chi connectivity index (χ3n) is 5.37. The number of carbonyl (C=O) groups is 1. The highest BCUT2D eigenvalue weighted by molar-refractivity contribution is 7.80. The molecule has 0 aliphatic carbocycles. The fourth-order valence-electron chi connectivity index (χ4n) is 3.79. The van der Waals surface area contributed by atoms with Crippen molar-refractivity contribution in [3.05, 3.63) is 51.7 Å². The minimum absolute atomic E-state index is 0.0640. The molecule has 0 unspecified atom stereocenters. The van der Waals surface area contributed by atoms with Gasteiger partial charge in [-0.1, -0.05) is 12.1 Å². The number of thiocarbonyl (C=S) groups is 1. The Balaban J connectivity index is 1.59. The summed E-state index contributed by atoms with van der Waals surface area (Å²) < 4.78 is 7.12. The predicted molar refractivity (Wildman–Crippen MR) is 126 cm³/mol. The molecule has 1 saturated heterocycles. The third kappa shape index (κ3) is 4.91. The van der Waals surface area contributed by atoms with Crippen molar-refractivity contribution in [2.24, 2.45) is 7.05 Å². The average molecular weight is 470 g/mol. The van der Waals surface area contributed by atoms with E-state index in [1.807, 2.05) is 0 Å². The number of non-ortho nitro benzene ring substituents is 1. The Morgan fingerprint density at radius 2 is 2.18 bits per heavy atom. The van der Waals surface area contributed by atoms with Crippen LogP contribution in [0.1, 0.15) is 28.9 Å². The summed E-state index contributed by atoms with van der Waals surface area (Å²) in [4.78, 5) is 28.4. The number of nitro groups is 1. The first kappa shape index (κ1) is 22.6. The maximum Gasteiger partial charge on any atom is 0.270 e. The van der Waals surface area contributed by atoms with Gasteiger partial charge >= 0.3 is 0 Å². The van der Waals surface area contributed by atoms with Crippen LogP contribution in [-0.4, -0.2) is 50.0 Å². The van der Waals surface area contributed by atoms with E-state index in [2.05, 4.69) is 26.3 Å². The van der Waals surface area contributed by atoms with Crippen LogP contribution in [0.25, 0.3) is 22.3 Å². The number of aromatic nitrogens is 3. The molecule has 0 bridgehead atoms. The minimum atomic E-state index is -0.474. The number of amides is 1. The topological polar surface area (TPSA) is 136 Å². The quantitative estimate of drug-likeness (QED) is 0.292. The van der Waals surface area contributed by atoms with E-state index in [-0.39, 0.29) is 16.9 Å². The number of rotatable bonds is 5. The van der Waals surface area contributed by atoms with E-state index in [1.165, 1.54) is 12.1 Å². The van der Waals surface area contributed by atoms with Gasteiger partial charge in [-0.2, -0.15) is 5.10 Å². The van der Waals surface area contributed by atoms with Gasteiger partial charge in [0.15, 0.2) is 10.8 Å². The Bertz CT molecular complexity index is 1240. The van der Waals surface area contributed by atoms with E-state index in [1.54, 1.807) is 36.9 Å². The zero-order valence-corrected chi connectivity index (χ0v) is 18.9. The van der Waals surface area contributed by atoms with Crippen LogP contribution in [0.2, 0.25) is 0 Å². The second-order valence-electron chi connectivity index (χ2n) is 7.69. The van der Waals surface area contributed by atoms with Gasteiger partial charge in [-0.15, -0.1) is 0 Å². The Kier molecular flexibility index (Phi) is 6.47. The third-order valence-corrected chi connectivity index (χ3v) is 5.62. The van der Waals surface area contributed by atoms with E-state index < -0.39 is 10.8 Å². The lowest BCUT2D eigenvalue weighted by atomic mass is 10.0. The number of nitrogens with zero attached hydrogens (tertiary/aromatic N) is 4. The molecule has 12 heteroatoms. The molecule has 11 nitrogen and oxygen atoms in total. The first-order valence-electron chi connectivity index (χ1n) is 10.4. The standard InChI is InChI=1S/C21H23N7O4S/c1-12-18-16(20(29)24-25-21(33)22-11-15-7-4-8-32-15)10-17(23-19(18)27(2)26-12)13-5-3-6-14(9-13)28(30)31/h3,5-6,9-10,15H,4,7-8,11H2,1-2H3,(H,24,29)(H2,22,25,33)/t15-/m1/s1. The zero-order valence-electron chi connectivity index (χ0n) is 18.1. The number of fused-ring (bicyclic) bond motifs is 1. The molecular formula is C21H23N7O4S. The van der Waals surface area contributed by atoms with E-state index in [9.17, 15) is 14.9 Å². The number of nitro benzene ring substituents is 1. The van der Waals surface area contributed by atoms with Crippen molar-refractivity contribution >= 4 is 40.0 Å². The monoisotopic (exact) mass is 469 g/mol. The molecule has 1 amide bonds. The summed E-state index contributed by atoms with van der Waals surface area (Å²) in [5.74, 6) is -0.438. The molecule has 0 spiro atoms. The lowest BCUT2D eigenvalue weighted by molar-refractivity contribution is -0.384. The molecule has 1 aliphatic rings. The summed E-state index contributed by atoms with van der Waals surface area (Å²) in [6, 6.07) is 7.69. The highest BCUT2D eigenvalue weighted by atomic mass is 32.1. The van der Waals surface area contributed by atoms with Gasteiger partial charge in [-0.25, -0.2) is 4.98 Å². The van der Waals surface area contributed by atoms with Crippen molar-refractivity contribution in [3.63, 3.8) is 0 Å². The van der Waals surface area contributed by atoms with Crippen LogP contribution in [0.3, 0.4) is 0 Å². The van der Waals surface area contributed by atoms with Gasteiger partial charge in [0, 0.05) is 37.9 Å². The van der Waals surface area contributed by atoms with E-state index >= 15 is 0 Å². The van der Waals surface area contributed by atoms with Crippen LogP contribution in [0.4, 0.5) is 5.69 Å². The highest BCUT2D eigenvalue weighted by Gasteiger charge is 2.21. The molecule has 2 aromatic heterocycles. The number of pyridine rings is 1. The summed E-state index contributed by atoms with van der Waals surface area (Å²) in [7, 11) is 1.73. The van der Waals surface area contributed by atoms with Crippen molar-refractivity contribution in [2.75, 3.05) is 13.2 Å². The number of ether oxygens (including phenoxy) is 1. The molecule has 3 aromatic rings. The second-order valence-corrected chi connectivity index (χ2v) is 8.10. The minimum Gasteiger partial charge on any atom is -0.376 e. The fraction of sp³-hybridized carbons (Fsp3) is 0.333. The lowest BCUT2D eigenvalue weighted by Crippen LogP contribution is -2.48. The predicted octanol–water partition coefficient (Wildman–Crippen LogP) is 2.14. The molecule has 1 aromatic carbocycles. The van der Waals surface area contributed by atoms with Crippen LogP contribution >= 0.6 is 12.2 Å². The number of hydrogen-bond acceptors (Lipinski definition) is 7. The molecule has 1 aliphatic heterocycles. The maximum atomic E-state index is 13.1. The van der Waals surface area contributed by atoms with Gasteiger partial charge in [-0.05, 0) is 38.0 Å². The Morgan fingerprint density at radius 3 is 2.91 bits per heavy atom. The number of hydrazine groups is 1. The smallest absolute Gasteiger partial charge is 0.270 e. The van der Waals surface area contributed by atoms with Gasteiger partial charge in [0.05, 0.1) is 33.4 Å². The van der Waals surface area contributed by atoms with Crippen LogP contribution in [-0.2, 0) is 11.8 Å². The molecule has 1 fully saturated rings. The molecule has 3 heterocycles. The van der Waals surface area contributed by atoms with Crippen LogP contribution in [0, 0.1) is 17.0 Å². The van der Waals surface area contributed by atoms with Crippen molar-refractivity contribution in [2.45, 2.75) is 25.9 Å². The van der Waals surface area contributed by atoms with Gasteiger partial charge in [0.1, 0.15) is 0 Å². The average Bonchev–Trinajstić information content (AvgIpc) is 3.43. The summed E-state index contributed by atoms with van der Waals surface area (Å²) in [5.41, 5.74) is 7.62. The fourth-order valence-corrected chi connectivity index (χ4v) is 3.92. The van der Waals surface area contributed by atoms with Gasteiger partial charge < -0.3 is 10.1 Å². The second kappa shape index (κ2) is 9.46. The molecule has 0 saturated carbocycles. The van der Waals surface area contributed by atoms with E-state index in [0.717, 1.165) is 19.4 Å². The summed E-state index contributed by atoms with van der Waals surface area (Å²) in [6.07, 6.45) is 2.10. The van der Waals surface area contributed by atoms with Gasteiger partial charge in [-0.3, -0.25) is 30.4 Å². The van der Waals surface area contributed by atoms with Gasteiger partial charge in [0.25, 0.3) is 11.6 Å². The first-order valence-corrected chi connectivity index (χ1v) is 10.8. The number of carbonyl (C=O) groups excluding carboxylic acids is 1. The van der Waals surface area contributed by atoms with E-state index in [4.69, 9.17) is 17.0 Å². The van der Waals surface area contributed by atoms with Crippen molar-refractivity contribution in [1.82, 2.24) is 30.9 Å². The van der Waals surface area contributed by atoms with E-state index in [0.29, 0.717) is 40.1 Å². The molecule has 1 atom stereocenters. The molecule has 4 rings (SSSR count). The summed E-state index contributed by atoms with van der Waals surface area (Å²) >= 11 is 5.24. The molecular weight excluding hydrogens is 446 g/mol. The zero-order chi connectivity index (χ0) is 23.5. The van der Waals surface area contributed by atoms with Crippen LogP contribution < -0.4 is 16.2 Å². The van der Waals surface area contributed by atoms with Crippen LogP contribution in [0.5, 0.6) is 0 Å². The molecule has 172 valence electrons. The first-order chi connectivity index (χ1) is 15.8.